The van der Waals surface area contributed by atoms with Gasteiger partial charge in [0.05, 0.1) is 6.10 Å². The molecule has 1 saturated heterocycles. The van der Waals surface area contributed by atoms with Crippen LogP contribution in [0.25, 0.3) is 0 Å². The number of carbonyl (C=O) groups is 5. The van der Waals surface area contributed by atoms with Gasteiger partial charge in [0.1, 0.15) is 37.0 Å². The molecule has 0 saturated carbocycles. The van der Waals surface area contributed by atoms with Crippen LogP contribution in [0.3, 0.4) is 0 Å². The van der Waals surface area contributed by atoms with Crippen LogP contribution in [0, 0.1) is 0 Å². The highest BCUT2D eigenvalue weighted by Crippen LogP contribution is 2.22. The Hall–Kier alpha value is -3.94. The second-order valence-corrected chi connectivity index (χ2v) is 13.5. The number of ether oxygens (including phenoxy) is 2. The Balaban J connectivity index is 1.83. The minimum Gasteiger partial charge on any atom is -0.480 e. The molecule has 11 atom stereocenters. The minimum absolute atomic E-state index is 0.0852. The van der Waals surface area contributed by atoms with E-state index < -0.39 is 85.4 Å². The number of aliphatic hydroxyl groups excluding tert-OH is 3. The van der Waals surface area contributed by atoms with Gasteiger partial charge in [-0.2, -0.15) is 0 Å². The van der Waals surface area contributed by atoms with Crippen molar-refractivity contribution in [2.24, 2.45) is 39.4 Å². The first kappa shape index (κ1) is 46.2. The van der Waals surface area contributed by atoms with Crippen molar-refractivity contribution in [3.63, 3.8) is 0 Å². The summed E-state index contributed by atoms with van der Waals surface area (Å²) >= 11 is 0. The molecule has 2 aliphatic rings. The van der Waals surface area contributed by atoms with E-state index in [0.29, 0.717) is 45.2 Å². The van der Waals surface area contributed by atoms with Crippen LogP contribution in [0.4, 0.5) is 4.79 Å². The van der Waals surface area contributed by atoms with Gasteiger partial charge in [-0.1, -0.05) is 0 Å². The van der Waals surface area contributed by atoms with Crippen LogP contribution in [0.5, 0.6) is 0 Å². The predicted molar refractivity (Wildman–Crippen MR) is 193 cm³/mol. The Morgan fingerprint density at radius 2 is 1.39 bits per heavy atom. The minimum atomic E-state index is -1.70. The zero-order valence-corrected chi connectivity index (χ0v) is 30.3. The third-order valence-corrected chi connectivity index (χ3v) is 8.83. The molecule has 0 bridgehead atoms. The number of guanidine groups is 1. The van der Waals surface area contributed by atoms with Crippen molar-refractivity contribution in [2.75, 3.05) is 32.8 Å². The molecule has 310 valence electrons. The Bertz CT molecular complexity index is 1250. The highest BCUT2D eigenvalue weighted by molar-refractivity contribution is 5.90. The van der Waals surface area contributed by atoms with Crippen molar-refractivity contribution in [1.82, 2.24) is 26.6 Å². The average Bonchev–Trinajstić information content (AvgIpc) is 3.54. The molecular weight excluding hydrogens is 716 g/mol. The maximum atomic E-state index is 13.0. The summed E-state index contributed by atoms with van der Waals surface area (Å²) in [6, 6.07) is -5.24. The van der Waals surface area contributed by atoms with Gasteiger partial charge in [0.15, 0.2) is 18.2 Å². The maximum Gasteiger partial charge on any atom is 0.404 e. The highest BCUT2D eigenvalue weighted by atomic mass is 16.6. The lowest BCUT2D eigenvalue weighted by atomic mass is 9.95. The smallest absolute Gasteiger partial charge is 0.404 e. The summed E-state index contributed by atoms with van der Waals surface area (Å²) in [5.41, 5.74) is 34.1. The molecule has 0 aromatic carbocycles. The van der Waals surface area contributed by atoms with E-state index in [1.54, 1.807) is 0 Å². The fourth-order valence-corrected chi connectivity index (χ4v) is 5.89. The average molecular weight is 777 g/mol. The summed E-state index contributed by atoms with van der Waals surface area (Å²) in [5.74, 6) is -2.56. The number of hydrogen-bond acceptors (Lipinski definition) is 18. The second-order valence-electron chi connectivity index (χ2n) is 13.5. The lowest BCUT2D eigenvalue weighted by molar-refractivity contribution is -0.198. The molecule has 0 aromatic rings. The van der Waals surface area contributed by atoms with E-state index in [-0.39, 0.29) is 56.2 Å². The summed E-state index contributed by atoms with van der Waals surface area (Å²) in [5, 5.41) is 54.8. The van der Waals surface area contributed by atoms with Crippen LogP contribution in [-0.2, 0) is 28.7 Å². The van der Waals surface area contributed by atoms with E-state index in [1.165, 1.54) is 0 Å². The normalized spacial score (nSPS) is 25.9. The van der Waals surface area contributed by atoms with Crippen molar-refractivity contribution in [3.8, 4) is 0 Å². The van der Waals surface area contributed by atoms with Crippen molar-refractivity contribution >= 4 is 35.7 Å². The van der Waals surface area contributed by atoms with Crippen LogP contribution >= 0.6 is 0 Å². The molecule has 0 spiro atoms. The first-order valence-electron chi connectivity index (χ1n) is 18.0. The van der Waals surface area contributed by atoms with E-state index >= 15 is 0 Å². The zero-order valence-electron chi connectivity index (χ0n) is 30.3. The van der Waals surface area contributed by atoms with Gasteiger partial charge in [0.25, 0.3) is 0 Å². The first-order valence-corrected chi connectivity index (χ1v) is 18.0. The quantitative estimate of drug-likeness (QED) is 0.0405. The number of aliphatic hydroxyl groups is 3. The number of rotatable bonds is 24. The molecule has 0 radical (unpaired) electrons. The summed E-state index contributed by atoms with van der Waals surface area (Å²) in [4.78, 5) is 64.4. The van der Waals surface area contributed by atoms with Gasteiger partial charge in [-0.3, -0.25) is 14.4 Å². The van der Waals surface area contributed by atoms with Gasteiger partial charge >= 0.3 is 12.1 Å². The van der Waals surface area contributed by atoms with Crippen LogP contribution in [0.15, 0.2) is 4.99 Å². The van der Waals surface area contributed by atoms with E-state index in [1.807, 2.05) is 0 Å². The molecular formula is C31H60N12O11. The number of aliphatic carboxylic acids is 1. The Labute approximate surface area is 313 Å². The Morgan fingerprint density at radius 3 is 1.89 bits per heavy atom. The molecule has 0 unspecified atom stereocenters. The van der Waals surface area contributed by atoms with Gasteiger partial charge in [0.2, 0.25) is 17.7 Å². The van der Waals surface area contributed by atoms with E-state index in [0.717, 1.165) is 6.42 Å². The molecule has 2 heterocycles. The SMILES string of the molecule is NCCC[C@H](N)CC(=O)NCCC[C@H](N)CC(=O)NCCC[C@H](N)CC(=O)N[C@@H]1[C@H](O)[C@@H](O)[C@@H](COC(N)=O)O[C@H]1NC1=N[C@H]([C@H](O)CN)[C@@H](C(=O)O)N1. The van der Waals surface area contributed by atoms with Crippen molar-refractivity contribution in [1.29, 1.82) is 0 Å². The van der Waals surface area contributed by atoms with E-state index in [2.05, 4.69) is 31.6 Å². The van der Waals surface area contributed by atoms with Crippen molar-refractivity contribution in [2.45, 2.75) is 125 Å². The molecule has 21 N–H and O–H groups in total. The third-order valence-electron chi connectivity index (χ3n) is 8.83. The van der Waals surface area contributed by atoms with Gasteiger partial charge in [-0.15, -0.1) is 0 Å². The fraction of sp³-hybridized carbons (Fsp3) is 0.806. The van der Waals surface area contributed by atoms with E-state index in [9.17, 15) is 44.4 Å². The number of nitrogens with one attached hydrogen (secondary N) is 5. The number of carboxylic acids is 1. The maximum absolute atomic E-state index is 13.0. The number of nitrogens with two attached hydrogens (primary N) is 6. The predicted octanol–water partition coefficient (Wildman–Crippen LogP) is -6.61. The molecule has 23 heteroatoms. The fourth-order valence-electron chi connectivity index (χ4n) is 5.89. The number of amides is 4. The third kappa shape index (κ3) is 16.2. The topological polar surface area (TPSA) is 413 Å². The van der Waals surface area contributed by atoms with Gasteiger partial charge in [-0.05, 0) is 45.1 Å². The van der Waals surface area contributed by atoms with Crippen LogP contribution in [0.2, 0.25) is 0 Å². The molecule has 2 aliphatic heterocycles. The largest absolute Gasteiger partial charge is 0.480 e. The molecule has 23 nitrogen and oxygen atoms in total. The molecule has 4 amide bonds. The lowest BCUT2D eigenvalue weighted by Gasteiger charge is -2.43. The number of carbonyl (C=O) groups excluding carboxylic acids is 4. The summed E-state index contributed by atoms with van der Waals surface area (Å²) in [6.45, 7) is 0.350. The standard InChI is InChI=1S/C31H60N12O11/c32-7-1-4-15(34)10-20(45)38-8-2-5-16(35)11-21(46)39-9-3-6-17(36)12-22(47)40-25-27(49)26(48)19(14-53-30(37)52)54-28(25)43-31-41-23(18(44)13-33)24(42-31)29(50)51/h15-19,23-28,44,48-49H,1-14,32-36H2,(H2,37,52)(H,38,45)(H,39,46)(H,40,47)(H,50,51)(H2,41,42,43)/t15-,16-,17-,18+,19+,23+,24-,25+,26-,27-,28+/m0/s1. The number of aliphatic imine (C=N–C) groups is 1. The van der Waals surface area contributed by atoms with Crippen molar-refractivity contribution in [3.05, 3.63) is 0 Å². The molecule has 2 rings (SSSR count). The van der Waals surface area contributed by atoms with Crippen LogP contribution in [0.1, 0.15) is 57.8 Å². The number of carboxylic acid groups (broad SMARTS) is 1. The molecule has 0 aliphatic carbocycles. The lowest BCUT2D eigenvalue weighted by Crippen LogP contribution is -2.69. The number of primary amides is 1. The monoisotopic (exact) mass is 776 g/mol. The van der Waals surface area contributed by atoms with Crippen LogP contribution < -0.4 is 61.0 Å². The Morgan fingerprint density at radius 1 is 0.852 bits per heavy atom. The van der Waals surface area contributed by atoms with Gasteiger partial charge in [0, 0.05) is 57.0 Å². The van der Waals surface area contributed by atoms with E-state index in [4.69, 9.17) is 43.9 Å². The molecule has 1 fully saturated rings. The summed E-state index contributed by atoms with van der Waals surface area (Å²) < 4.78 is 10.5. The van der Waals surface area contributed by atoms with Gasteiger partial charge < -0.3 is 90.9 Å². The van der Waals surface area contributed by atoms with Crippen LogP contribution in [-0.4, -0.2) is 156 Å². The molecule has 0 aromatic heterocycles. The number of nitrogens with zero attached hydrogens (tertiary/aromatic N) is 1. The second kappa shape index (κ2) is 23.8. The summed E-state index contributed by atoms with van der Waals surface area (Å²) in [6.07, 6.45) is -5.18. The number of hydrogen-bond donors (Lipinski definition) is 15. The highest BCUT2D eigenvalue weighted by Gasteiger charge is 2.47. The zero-order chi connectivity index (χ0) is 40.4. The van der Waals surface area contributed by atoms with Gasteiger partial charge in [-0.25, -0.2) is 14.6 Å². The first-order chi connectivity index (χ1) is 25.6. The summed E-state index contributed by atoms with van der Waals surface area (Å²) in [7, 11) is 0. The molecule has 54 heavy (non-hydrogen) atoms. The Kier molecular flexibility index (Phi) is 20.3. The van der Waals surface area contributed by atoms with Crippen molar-refractivity contribution < 1.29 is 53.9 Å².